The van der Waals surface area contributed by atoms with Gasteiger partial charge < -0.3 is 4.74 Å². The molecule has 18 heavy (non-hydrogen) atoms. The second-order valence-corrected chi connectivity index (χ2v) is 4.51. The Morgan fingerprint density at radius 1 is 1.11 bits per heavy atom. The molecule has 0 N–H and O–H groups in total. The van der Waals surface area contributed by atoms with Crippen LogP contribution in [-0.2, 0) is 10.9 Å². The summed E-state index contributed by atoms with van der Waals surface area (Å²) < 4.78 is 42.1. The van der Waals surface area contributed by atoms with Crippen LogP contribution in [0.2, 0.25) is 0 Å². The summed E-state index contributed by atoms with van der Waals surface area (Å²) in [5.74, 6) is 0.282. The Morgan fingerprint density at radius 2 is 1.72 bits per heavy atom. The summed E-state index contributed by atoms with van der Waals surface area (Å²) in [6.07, 6.45) is -1.27. The van der Waals surface area contributed by atoms with Crippen LogP contribution < -0.4 is 0 Å². The van der Waals surface area contributed by atoms with Crippen molar-refractivity contribution < 1.29 is 17.9 Å². The van der Waals surface area contributed by atoms with Crippen LogP contribution in [-0.4, -0.2) is 13.7 Å². The minimum atomic E-state index is -4.25. The largest absolute Gasteiger partial charge is 0.416 e. The molecule has 1 nitrogen and oxygen atoms in total. The number of ether oxygens (including phenoxy) is 1. The van der Waals surface area contributed by atoms with Gasteiger partial charge in [0.05, 0.1) is 5.56 Å². The van der Waals surface area contributed by atoms with Crippen LogP contribution in [0, 0.1) is 0 Å². The van der Waals surface area contributed by atoms with E-state index in [2.05, 4.69) is 0 Å². The summed E-state index contributed by atoms with van der Waals surface area (Å²) in [4.78, 5) is 0. The van der Waals surface area contributed by atoms with Gasteiger partial charge in [-0.2, -0.15) is 13.2 Å². The molecule has 0 bridgehead atoms. The highest BCUT2D eigenvalue weighted by molar-refractivity contribution is 5.26. The number of rotatable bonds is 6. The first kappa shape index (κ1) is 15.0. The second kappa shape index (κ2) is 6.78. The molecular weight excluding hydrogens is 241 g/mol. The van der Waals surface area contributed by atoms with Crippen LogP contribution in [0.5, 0.6) is 0 Å². The molecule has 0 aliphatic heterocycles. The highest BCUT2D eigenvalue weighted by Gasteiger charge is 2.30. The number of halogens is 3. The summed E-state index contributed by atoms with van der Waals surface area (Å²) in [5.41, 5.74) is 0.373. The molecule has 0 fully saturated rings. The number of unbranched alkanes of at least 4 members (excludes halogenated alkanes) is 1. The van der Waals surface area contributed by atoms with Gasteiger partial charge in [0.15, 0.2) is 0 Å². The van der Waals surface area contributed by atoms with Gasteiger partial charge in [-0.25, -0.2) is 0 Å². The minimum absolute atomic E-state index is 0.282. The Kier molecular flexibility index (Phi) is 5.66. The predicted octanol–water partition coefficient (Wildman–Crippen LogP) is 4.63. The van der Waals surface area contributed by atoms with Crippen molar-refractivity contribution in [2.24, 2.45) is 0 Å². The molecule has 1 atom stereocenters. The van der Waals surface area contributed by atoms with Crippen LogP contribution in [0.25, 0.3) is 0 Å². The quantitative estimate of drug-likeness (QED) is 0.678. The molecule has 0 saturated carbocycles. The Morgan fingerprint density at radius 3 is 2.22 bits per heavy atom. The monoisotopic (exact) mass is 260 g/mol. The van der Waals surface area contributed by atoms with E-state index in [-0.39, 0.29) is 5.92 Å². The van der Waals surface area contributed by atoms with E-state index in [4.69, 9.17) is 4.74 Å². The van der Waals surface area contributed by atoms with Gasteiger partial charge in [-0.1, -0.05) is 25.5 Å². The standard InChI is InChI=1S/C14H19F3O/c1-11(5-3-4-10-18-2)12-6-8-13(9-7-12)14(15,16)17/h6-9,11H,3-5,10H2,1-2H3. The van der Waals surface area contributed by atoms with E-state index < -0.39 is 11.7 Å². The normalized spacial score (nSPS) is 13.6. The van der Waals surface area contributed by atoms with Gasteiger partial charge in [0.2, 0.25) is 0 Å². The molecule has 0 amide bonds. The summed E-state index contributed by atoms with van der Waals surface area (Å²) in [6.45, 7) is 2.77. The first-order chi connectivity index (χ1) is 8.45. The fraction of sp³-hybridized carbons (Fsp3) is 0.571. The zero-order valence-corrected chi connectivity index (χ0v) is 10.8. The van der Waals surface area contributed by atoms with Crippen molar-refractivity contribution in [3.05, 3.63) is 35.4 Å². The predicted molar refractivity (Wildman–Crippen MR) is 65.6 cm³/mol. The number of benzene rings is 1. The molecule has 102 valence electrons. The smallest absolute Gasteiger partial charge is 0.385 e. The van der Waals surface area contributed by atoms with Gasteiger partial charge in [-0.05, 0) is 36.5 Å². The lowest BCUT2D eigenvalue weighted by atomic mass is 9.94. The Bertz CT molecular complexity index is 343. The molecule has 0 radical (unpaired) electrons. The van der Waals surface area contributed by atoms with E-state index >= 15 is 0 Å². The highest BCUT2D eigenvalue weighted by atomic mass is 19.4. The van der Waals surface area contributed by atoms with E-state index in [1.54, 1.807) is 19.2 Å². The molecule has 1 unspecified atom stereocenters. The lowest BCUT2D eigenvalue weighted by Crippen LogP contribution is -2.05. The number of hydrogen-bond donors (Lipinski definition) is 0. The lowest BCUT2D eigenvalue weighted by Gasteiger charge is -2.13. The van der Waals surface area contributed by atoms with E-state index in [9.17, 15) is 13.2 Å². The summed E-state index contributed by atoms with van der Waals surface area (Å²) in [5, 5.41) is 0. The molecule has 1 aromatic rings. The third-order valence-electron chi connectivity index (χ3n) is 3.04. The van der Waals surface area contributed by atoms with Crippen molar-refractivity contribution >= 4 is 0 Å². The molecule has 1 aromatic carbocycles. The lowest BCUT2D eigenvalue weighted by molar-refractivity contribution is -0.137. The maximum atomic E-state index is 12.4. The highest BCUT2D eigenvalue weighted by Crippen LogP contribution is 2.30. The summed E-state index contributed by atoms with van der Waals surface area (Å²) >= 11 is 0. The second-order valence-electron chi connectivity index (χ2n) is 4.51. The van der Waals surface area contributed by atoms with E-state index in [1.807, 2.05) is 6.92 Å². The SMILES string of the molecule is COCCCCC(C)c1ccc(C(F)(F)F)cc1. The van der Waals surface area contributed by atoms with E-state index in [0.717, 1.165) is 43.6 Å². The van der Waals surface area contributed by atoms with Gasteiger partial charge in [0.25, 0.3) is 0 Å². The fourth-order valence-electron chi connectivity index (χ4n) is 1.86. The first-order valence-electron chi connectivity index (χ1n) is 6.11. The van der Waals surface area contributed by atoms with Crippen LogP contribution in [0.3, 0.4) is 0 Å². The van der Waals surface area contributed by atoms with Gasteiger partial charge >= 0.3 is 6.18 Å². The minimum Gasteiger partial charge on any atom is -0.385 e. The molecule has 0 heterocycles. The van der Waals surface area contributed by atoms with Crippen molar-refractivity contribution in [3.63, 3.8) is 0 Å². The number of methoxy groups -OCH3 is 1. The van der Waals surface area contributed by atoms with Crippen LogP contribution in [0.1, 0.15) is 43.2 Å². The van der Waals surface area contributed by atoms with Crippen molar-refractivity contribution in [2.45, 2.75) is 38.3 Å². The molecule has 0 saturated heterocycles. The molecular formula is C14H19F3O. The molecule has 0 aliphatic carbocycles. The van der Waals surface area contributed by atoms with Crippen molar-refractivity contribution in [1.29, 1.82) is 0 Å². The Hall–Kier alpha value is -1.03. The van der Waals surface area contributed by atoms with Gasteiger partial charge in [-0.15, -0.1) is 0 Å². The third kappa shape index (κ3) is 4.69. The molecule has 0 aliphatic rings. The summed E-state index contributed by atoms with van der Waals surface area (Å²) in [6, 6.07) is 5.45. The molecule has 1 rings (SSSR count). The number of alkyl halides is 3. The van der Waals surface area contributed by atoms with Crippen LogP contribution >= 0.6 is 0 Å². The van der Waals surface area contributed by atoms with Gasteiger partial charge in [0, 0.05) is 13.7 Å². The first-order valence-corrected chi connectivity index (χ1v) is 6.11. The zero-order chi connectivity index (χ0) is 13.6. The molecule has 4 heteroatoms. The topological polar surface area (TPSA) is 9.23 Å². The zero-order valence-electron chi connectivity index (χ0n) is 10.8. The van der Waals surface area contributed by atoms with E-state index in [0.29, 0.717) is 0 Å². The van der Waals surface area contributed by atoms with Crippen molar-refractivity contribution in [3.8, 4) is 0 Å². The fourth-order valence-corrected chi connectivity index (χ4v) is 1.86. The van der Waals surface area contributed by atoms with Crippen molar-refractivity contribution in [2.75, 3.05) is 13.7 Å². The maximum Gasteiger partial charge on any atom is 0.416 e. The van der Waals surface area contributed by atoms with Gasteiger partial charge in [0.1, 0.15) is 0 Å². The summed E-state index contributed by atoms with van der Waals surface area (Å²) in [7, 11) is 1.67. The Balaban J connectivity index is 2.51. The Labute approximate surface area is 106 Å². The van der Waals surface area contributed by atoms with Gasteiger partial charge in [-0.3, -0.25) is 0 Å². The number of hydrogen-bond acceptors (Lipinski definition) is 1. The maximum absolute atomic E-state index is 12.4. The molecule has 0 spiro atoms. The molecule has 0 aromatic heterocycles. The third-order valence-corrected chi connectivity index (χ3v) is 3.04. The van der Waals surface area contributed by atoms with Crippen molar-refractivity contribution in [1.82, 2.24) is 0 Å². The average molecular weight is 260 g/mol. The van der Waals surface area contributed by atoms with Crippen LogP contribution in [0.15, 0.2) is 24.3 Å². The van der Waals surface area contributed by atoms with E-state index in [1.165, 1.54) is 0 Å². The van der Waals surface area contributed by atoms with Crippen LogP contribution in [0.4, 0.5) is 13.2 Å². The average Bonchev–Trinajstić information content (AvgIpc) is 2.33.